The van der Waals surface area contributed by atoms with Crippen LogP contribution in [0.25, 0.3) is 10.9 Å². The number of hydrogen-bond donors (Lipinski definition) is 1. The number of hydrogen-bond acceptors (Lipinski definition) is 5. The summed E-state index contributed by atoms with van der Waals surface area (Å²) in [6, 6.07) is 7.72. The van der Waals surface area contributed by atoms with Crippen LogP contribution in [0.4, 0.5) is 5.82 Å². The van der Waals surface area contributed by atoms with E-state index in [9.17, 15) is 14.7 Å². The Labute approximate surface area is 138 Å². The summed E-state index contributed by atoms with van der Waals surface area (Å²) >= 11 is 0. The minimum atomic E-state index is -0.919. The monoisotopic (exact) mass is 326 g/mol. The van der Waals surface area contributed by atoms with Gasteiger partial charge in [-0.15, -0.1) is 0 Å². The maximum atomic E-state index is 12.0. The Hall–Kier alpha value is -2.70. The van der Waals surface area contributed by atoms with Gasteiger partial charge in [-0.1, -0.05) is 12.1 Å². The molecule has 3 heterocycles. The van der Waals surface area contributed by atoms with Crippen LogP contribution < -0.4 is 4.90 Å². The summed E-state index contributed by atoms with van der Waals surface area (Å²) in [5, 5.41) is 10.8. The predicted octanol–water partition coefficient (Wildman–Crippen LogP) is 0.999. The molecule has 0 radical (unpaired) electrons. The minimum absolute atomic E-state index is 0.0657. The zero-order valence-electron chi connectivity index (χ0n) is 13.3. The molecule has 24 heavy (non-hydrogen) atoms. The second-order valence-corrected chi connectivity index (χ2v) is 6.65. The number of aliphatic carboxylic acids is 1. The molecule has 0 spiro atoms. The molecule has 0 unspecified atom stereocenters. The van der Waals surface area contributed by atoms with E-state index in [0.29, 0.717) is 19.6 Å². The van der Waals surface area contributed by atoms with E-state index in [2.05, 4.69) is 9.97 Å². The van der Waals surface area contributed by atoms with Gasteiger partial charge < -0.3 is 14.9 Å². The maximum absolute atomic E-state index is 12.0. The third-order valence-electron chi connectivity index (χ3n) is 5.30. The first-order valence-corrected chi connectivity index (χ1v) is 7.95. The highest BCUT2D eigenvalue weighted by atomic mass is 16.4. The number of para-hydroxylation sites is 1. The van der Waals surface area contributed by atoms with Crippen molar-refractivity contribution in [2.75, 3.05) is 31.1 Å². The molecule has 0 bridgehead atoms. The van der Waals surface area contributed by atoms with Gasteiger partial charge in [-0.3, -0.25) is 9.59 Å². The van der Waals surface area contributed by atoms with Crippen LogP contribution in [0.15, 0.2) is 30.6 Å². The van der Waals surface area contributed by atoms with Crippen molar-refractivity contribution < 1.29 is 14.7 Å². The lowest BCUT2D eigenvalue weighted by Crippen LogP contribution is -2.41. The Bertz CT molecular complexity index is 834. The van der Waals surface area contributed by atoms with Crippen LogP contribution in [0, 0.1) is 11.3 Å². The van der Waals surface area contributed by atoms with E-state index in [1.807, 2.05) is 29.2 Å². The molecule has 2 saturated heterocycles. The number of benzene rings is 1. The number of aromatic nitrogens is 2. The SMILES string of the molecule is CC(=O)N1C[C@H]2CN(c3ncnc4ccccc34)C[C@@]2(C(=O)O)C1. The van der Waals surface area contributed by atoms with Crippen molar-refractivity contribution in [1.29, 1.82) is 0 Å². The van der Waals surface area contributed by atoms with Crippen LogP contribution in [0.5, 0.6) is 0 Å². The van der Waals surface area contributed by atoms with Gasteiger partial charge in [0, 0.05) is 44.4 Å². The topological polar surface area (TPSA) is 86.6 Å². The Kier molecular flexibility index (Phi) is 3.19. The second kappa shape index (κ2) is 5.15. The van der Waals surface area contributed by atoms with Crippen LogP contribution in [-0.4, -0.2) is 58.0 Å². The zero-order valence-corrected chi connectivity index (χ0v) is 13.3. The number of carbonyl (C=O) groups excluding carboxylic acids is 1. The standard InChI is InChI=1S/C17H18N4O3/c1-11(22)20-6-12-7-21(9-17(12,8-20)16(23)24)15-13-4-2-3-5-14(13)18-10-19-15/h2-5,10,12H,6-9H2,1H3,(H,23,24)/t12-,17-/m0/s1. The first-order valence-electron chi connectivity index (χ1n) is 7.95. The Morgan fingerprint density at radius 2 is 2.00 bits per heavy atom. The Morgan fingerprint density at radius 1 is 1.21 bits per heavy atom. The molecule has 1 aromatic carbocycles. The van der Waals surface area contributed by atoms with Crippen molar-refractivity contribution in [2.24, 2.45) is 11.3 Å². The third kappa shape index (κ3) is 2.04. The molecule has 2 aliphatic heterocycles. The van der Waals surface area contributed by atoms with E-state index in [0.717, 1.165) is 16.7 Å². The number of carbonyl (C=O) groups is 2. The van der Waals surface area contributed by atoms with Gasteiger partial charge in [0.2, 0.25) is 5.91 Å². The number of likely N-dealkylation sites (tertiary alicyclic amines) is 1. The van der Waals surface area contributed by atoms with Crippen molar-refractivity contribution in [3.8, 4) is 0 Å². The normalized spacial score (nSPS) is 26.0. The van der Waals surface area contributed by atoms with Crippen molar-refractivity contribution in [2.45, 2.75) is 6.92 Å². The van der Waals surface area contributed by atoms with Gasteiger partial charge in [0.25, 0.3) is 0 Å². The largest absolute Gasteiger partial charge is 0.481 e. The number of rotatable bonds is 2. The number of nitrogens with zero attached hydrogens (tertiary/aromatic N) is 4. The summed E-state index contributed by atoms with van der Waals surface area (Å²) in [5.74, 6) is -0.223. The van der Waals surface area contributed by atoms with Crippen molar-refractivity contribution >= 4 is 28.6 Å². The summed E-state index contributed by atoms with van der Waals surface area (Å²) in [4.78, 5) is 36.0. The van der Waals surface area contributed by atoms with Crippen LogP contribution in [0.1, 0.15) is 6.92 Å². The zero-order chi connectivity index (χ0) is 16.9. The number of fused-ring (bicyclic) bond motifs is 2. The quantitative estimate of drug-likeness (QED) is 0.886. The molecule has 0 saturated carbocycles. The summed E-state index contributed by atoms with van der Waals surface area (Å²) in [6.07, 6.45) is 1.51. The van der Waals surface area contributed by atoms with Gasteiger partial charge in [-0.2, -0.15) is 0 Å². The first-order chi connectivity index (χ1) is 11.5. The predicted molar refractivity (Wildman–Crippen MR) is 87.6 cm³/mol. The van der Waals surface area contributed by atoms with E-state index in [-0.39, 0.29) is 18.4 Å². The molecule has 1 amide bonds. The minimum Gasteiger partial charge on any atom is -0.481 e. The molecule has 7 heteroatoms. The number of carboxylic acid groups (broad SMARTS) is 1. The third-order valence-corrected chi connectivity index (χ3v) is 5.30. The molecule has 1 aromatic heterocycles. The summed E-state index contributed by atoms with van der Waals surface area (Å²) in [7, 11) is 0. The van der Waals surface area contributed by atoms with E-state index < -0.39 is 11.4 Å². The van der Waals surface area contributed by atoms with Crippen molar-refractivity contribution in [3.05, 3.63) is 30.6 Å². The lowest BCUT2D eigenvalue weighted by Gasteiger charge is -2.26. The molecule has 2 fully saturated rings. The highest BCUT2D eigenvalue weighted by Gasteiger charge is 2.58. The number of amides is 1. The highest BCUT2D eigenvalue weighted by molar-refractivity contribution is 5.90. The molecule has 1 N–H and O–H groups in total. The van der Waals surface area contributed by atoms with Crippen molar-refractivity contribution in [3.63, 3.8) is 0 Å². The molecule has 7 nitrogen and oxygen atoms in total. The Balaban J connectivity index is 1.71. The van der Waals surface area contributed by atoms with Crippen LogP contribution >= 0.6 is 0 Å². The molecular weight excluding hydrogens is 308 g/mol. The molecule has 124 valence electrons. The average Bonchev–Trinajstić information content (AvgIpc) is 3.09. The lowest BCUT2D eigenvalue weighted by molar-refractivity contribution is -0.148. The van der Waals surface area contributed by atoms with Gasteiger partial charge in [0.15, 0.2) is 0 Å². The molecule has 4 rings (SSSR count). The molecule has 2 aliphatic rings. The van der Waals surface area contributed by atoms with E-state index >= 15 is 0 Å². The molecule has 2 aromatic rings. The molecule has 0 aliphatic carbocycles. The summed E-state index contributed by atoms with van der Waals surface area (Å²) in [5.41, 5.74) is -0.0770. The Morgan fingerprint density at radius 3 is 2.71 bits per heavy atom. The summed E-state index contributed by atoms with van der Waals surface area (Å²) in [6.45, 7) is 3.18. The maximum Gasteiger partial charge on any atom is 0.313 e. The van der Waals surface area contributed by atoms with Gasteiger partial charge in [0.05, 0.1) is 5.52 Å². The molecular formula is C17H18N4O3. The smallest absolute Gasteiger partial charge is 0.313 e. The fourth-order valence-electron chi connectivity index (χ4n) is 4.01. The van der Waals surface area contributed by atoms with Crippen LogP contribution in [0.3, 0.4) is 0 Å². The van der Waals surface area contributed by atoms with E-state index in [1.54, 1.807) is 4.90 Å². The van der Waals surface area contributed by atoms with Crippen LogP contribution in [0.2, 0.25) is 0 Å². The van der Waals surface area contributed by atoms with E-state index in [4.69, 9.17) is 0 Å². The van der Waals surface area contributed by atoms with Crippen LogP contribution in [-0.2, 0) is 9.59 Å². The average molecular weight is 326 g/mol. The number of anilines is 1. The molecule has 2 atom stereocenters. The van der Waals surface area contributed by atoms with Gasteiger partial charge in [0.1, 0.15) is 17.6 Å². The summed E-state index contributed by atoms with van der Waals surface area (Å²) < 4.78 is 0. The lowest BCUT2D eigenvalue weighted by atomic mass is 9.81. The number of carboxylic acids is 1. The highest BCUT2D eigenvalue weighted by Crippen LogP contribution is 2.44. The van der Waals surface area contributed by atoms with Gasteiger partial charge in [-0.05, 0) is 12.1 Å². The van der Waals surface area contributed by atoms with E-state index in [1.165, 1.54) is 13.3 Å². The first kappa shape index (κ1) is 14.9. The fourth-order valence-corrected chi connectivity index (χ4v) is 4.01. The van der Waals surface area contributed by atoms with Crippen molar-refractivity contribution in [1.82, 2.24) is 14.9 Å². The van der Waals surface area contributed by atoms with Gasteiger partial charge in [-0.25, -0.2) is 9.97 Å². The second-order valence-electron chi connectivity index (χ2n) is 6.65. The fraction of sp³-hybridized carbons (Fsp3) is 0.412. The van der Waals surface area contributed by atoms with Gasteiger partial charge >= 0.3 is 5.97 Å².